The Morgan fingerprint density at radius 1 is 0.267 bits per heavy atom. The van der Waals surface area contributed by atoms with Crippen LogP contribution in [-0.2, 0) is 65.4 Å². The molecule has 17 nitrogen and oxygen atoms in total. The van der Waals surface area contributed by atoms with Crippen molar-refractivity contribution in [1.82, 2.24) is 0 Å². The lowest BCUT2D eigenvalue weighted by molar-refractivity contribution is -0.161. The summed E-state index contributed by atoms with van der Waals surface area (Å²) in [7, 11) is -9.93. The van der Waals surface area contributed by atoms with E-state index in [0.29, 0.717) is 25.7 Å². The molecule has 0 saturated carbocycles. The van der Waals surface area contributed by atoms with E-state index in [-0.39, 0.29) is 25.7 Å². The lowest BCUT2D eigenvalue weighted by atomic mass is 10.00. The summed E-state index contributed by atoms with van der Waals surface area (Å²) >= 11 is 0. The fraction of sp³-hybridized carbons (Fsp3) is 0.953. The molecule has 3 N–H and O–H groups in total. The Labute approximate surface area is 645 Å². The van der Waals surface area contributed by atoms with Crippen LogP contribution in [0.15, 0.2) is 0 Å². The van der Waals surface area contributed by atoms with Crippen molar-refractivity contribution in [2.24, 2.45) is 5.92 Å². The van der Waals surface area contributed by atoms with E-state index in [0.717, 1.165) is 102 Å². The highest BCUT2D eigenvalue weighted by atomic mass is 31.2. The second-order valence-electron chi connectivity index (χ2n) is 31.2. The van der Waals surface area contributed by atoms with E-state index in [1.54, 1.807) is 0 Å². The van der Waals surface area contributed by atoms with Crippen molar-refractivity contribution >= 4 is 39.5 Å². The number of rotatable bonds is 86. The van der Waals surface area contributed by atoms with Crippen molar-refractivity contribution in [3.63, 3.8) is 0 Å². The van der Waals surface area contributed by atoms with Crippen molar-refractivity contribution < 1.29 is 80.2 Å². The molecule has 3 unspecified atom stereocenters. The summed E-state index contributed by atoms with van der Waals surface area (Å²) in [6, 6.07) is 0. The zero-order valence-electron chi connectivity index (χ0n) is 68.9. The average molecular weight is 1540 g/mol. The number of unbranched alkanes of at least 4 members (excludes halogenated alkanes) is 57. The number of aliphatic hydroxyl groups excluding tert-OH is 1. The summed E-state index contributed by atoms with van der Waals surface area (Å²) < 4.78 is 68.9. The number of ether oxygens (including phenoxy) is 4. The molecule has 0 aliphatic heterocycles. The van der Waals surface area contributed by atoms with Crippen molar-refractivity contribution in [3.8, 4) is 0 Å². The van der Waals surface area contributed by atoms with Crippen LogP contribution in [0.5, 0.6) is 0 Å². The van der Waals surface area contributed by atoms with E-state index in [1.807, 2.05) is 0 Å². The SMILES string of the molecule is CCCCCCCCCCCCCCCCCCCCCCCC(=O)O[C@H](COC(=O)CCCCCCCCCCCCCCCCCCCC)COP(=O)(O)OC[C@@H](O)COP(=O)(O)OC[C@@H](COC(=O)CCCCCCCCC(C)CC)OC(=O)CCCCCCCCCCCCCCCCCC. The van der Waals surface area contributed by atoms with E-state index in [9.17, 15) is 43.2 Å². The zero-order chi connectivity index (χ0) is 76.9. The molecule has 0 radical (unpaired) electrons. The van der Waals surface area contributed by atoms with E-state index >= 15 is 0 Å². The van der Waals surface area contributed by atoms with Gasteiger partial charge in [-0.15, -0.1) is 0 Å². The summed E-state index contributed by atoms with van der Waals surface area (Å²) in [5, 5.41) is 10.7. The molecule has 0 spiro atoms. The van der Waals surface area contributed by atoms with Crippen LogP contribution in [0.2, 0.25) is 0 Å². The number of hydrogen-bond acceptors (Lipinski definition) is 15. The Kier molecular flexibility index (Phi) is 77.3. The minimum absolute atomic E-state index is 0.108. The summed E-state index contributed by atoms with van der Waals surface area (Å²) in [6.07, 6.45) is 72.3. The standard InChI is InChI=1S/C86H168O17P2/c1-6-10-13-16-19-22-25-28-31-34-36-37-38-40-43-46-49-52-55-62-67-71-85(90)102-81(75-96-83(88)69-64-59-53-50-47-44-42-39-35-32-29-26-23-20-17-14-11-7-2)77-100-104(92,93)98-73-80(87)74-99-105(94,95)101-78-82(76-97-84(89)70-65-60-57-56-58-63-68-79(5)9-4)103-86(91)72-66-61-54-51-48-45-41-33-30-27-24-21-18-15-12-8-3/h79-82,87H,6-78H2,1-5H3,(H,92,93)(H,94,95)/t79?,80-,81-,82-/m1/s1. The molecular weight excluding hydrogens is 1370 g/mol. The molecule has 0 heterocycles. The molecule has 0 amide bonds. The van der Waals surface area contributed by atoms with Crippen LogP contribution in [0.3, 0.4) is 0 Å². The summed E-state index contributed by atoms with van der Waals surface area (Å²) in [5.41, 5.74) is 0. The van der Waals surface area contributed by atoms with Crippen LogP contribution < -0.4 is 0 Å². The summed E-state index contributed by atoms with van der Waals surface area (Å²) in [6.45, 7) is 7.33. The largest absolute Gasteiger partial charge is 0.472 e. The quantitative estimate of drug-likeness (QED) is 0.0222. The third-order valence-electron chi connectivity index (χ3n) is 20.6. The molecule has 0 aromatic carbocycles. The van der Waals surface area contributed by atoms with E-state index in [4.69, 9.17) is 37.0 Å². The van der Waals surface area contributed by atoms with Gasteiger partial charge in [-0.25, -0.2) is 9.13 Å². The maximum Gasteiger partial charge on any atom is 0.472 e. The van der Waals surface area contributed by atoms with Gasteiger partial charge in [0.05, 0.1) is 26.4 Å². The second kappa shape index (κ2) is 78.7. The molecule has 6 atom stereocenters. The Balaban J connectivity index is 5.22. The van der Waals surface area contributed by atoms with Crippen LogP contribution in [-0.4, -0.2) is 96.7 Å². The minimum atomic E-state index is -4.97. The molecule has 0 fully saturated rings. The molecule has 0 aromatic rings. The maximum absolute atomic E-state index is 13.1. The first-order valence-electron chi connectivity index (χ1n) is 44.7. The molecule has 105 heavy (non-hydrogen) atoms. The smallest absolute Gasteiger partial charge is 0.462 e. The van der Waals surface area contributed by atoms with Crippen LogP contribution in [0.4, 0.5) is 0 Å². The molecule has 0 aromatic heterocycles. The maximum atomic E-state index is 13.1. The minimum Gasteiger partial charge on any atom is -0.462 e. The van der Waals surface area contributed by atoms with Crippen molar-refractivity contribution in [2.75, 3.05) is 39.6 Å². The zero-order valence-corrected chi connectivity index (χ0v) is 70.7. The predicted molar refractivity (Wildman–Crippen MR) is 432 cm³/mol. The number of phosphoric acid groups is 2. The Bertz CT molecular complexity index is 2000. The summed E-state index contributed by atoms with van der Waals surface area (Å²) in [5.74, 6) is -1.37. The Hall–Kier alpha value is -1.94. The highest BCUT2D eigenvalue weighted by molar-refractivity contribution is 7.47. The van der Waals surface area contributed by atoms with Crippen LogP contribution in [0, 0.1) is 5.92 Å². The van der Waals surface area contributed by atoms with Crippen molar-refractivity contribution in [1.29, 1.82) is 0 Å². The molecule has 624 valence electrons. The Morgan fingerprint density at radius 2 is 0.457 bits per heavy atom. The Morgan fingerprint density at radius 3 is 0.676 bits per heavy atom. The second-order valence-corrected chi connectivity index (χ2v) is 34.1. The van der Waals surface area contributed by atoms with Gasteiger partial charge in [-0.1, -0.05) is 413 Å². The van der Waals surface area contributed by atoms with Gasteiger partial charge in [0.25, 0.3) is 0 Å². The fourth-order valence-corrected chi connectivity index (χ4v) is 15.0. The molecule has 0 rings (SSSR count). The lowest BCUT2D eigenvalue weighted by Gasteiger charge is -2.21. The van der Waals surface area contributed by atoms with Gasteiger partial charge in [-0.2, -0.15) is 0 Å². The average Bonchev–Trinajstić information content (AvgIpc) is 0.913. The molecule has 0 bridgehead atoms. The van der Waals surface area contributed by atoms with Crippen LogP contribution in [0.25, 0.3) is 0 Å². The summed E-state index contributed by atoms with van der Waals surface area (Å²) in [4.78, 5) is 73.2. The topological polar surface area (TPSA) is 237 Å². The van der Waals surface area contributed by atoms with Crippen LogP contribution >= 0.6 is 15.6 Å². The first-order valence-corrected chi connectivity index (χ1v) is 47.7. The molecule has 0 aliphatic carbocycles. The van der Waals surface area contributed by atoms with Gasteiger partial charge in [0.1, 0.15) is 19.3 Å². The normalized spacial score (nSPS) is 14.0. The number of carbonyl (C=O) groups is 4. The third kappa shape index (κ3) is 78.5. The highest BCUT2D eigenvalue weighted by Gasteiger charge is 2.30. The van der Waals surface area contributed by atoms with E-state index in [2.05, 4.69) is 34.6 Å². The number of hydrogen-bond donors (Lipinski definition) is 3. The van der Waals surface area contributed by atoms with Gasteiger partial charge in [0.2, 0.25) is 0 Å². The van der Waals surface area contributed by atoms with Gasteiger partial charge < -0.3 is 33.8 Å². The first-order chi connectivity index (χ1) is 51.1. The predicted octanol–water partition coefficient (Wildman–Crippen LogP) is 26.4. The molecular formula is C86H168O17P2. The number of carbonyl (C=O) groups excluding carboxylic acids is 4. The van der Waals surface area contributed by atoms with Crippen molar-refractivity contribution in [3.05, 3.63) is 0 Å². The first kappa shape index (κ1) is 103. The third-order valence-corrected chi connectivity index (χ3v) is 22.5. The fourth-order valence-electron chi connectivity index (χ4n) is 13.4. The highest BCUT2D eigenvalue weighted by Crippen LogP contribution is 2.45. The van der Waals surface area contributed by atoms with Gasteiger partial charge in [0.15, 0.2) is 12.2 Å². The van der Waals surface area contributed by atoms with Crippen molar-refractivity contribution in [2.45, 2.75) is 483 Å². The number of esters is 4. The molecule has 0 saturated heterocycles. The van der Waals surface area contributed by atoms with E-state index in [1.165, 1.54) is 283 Å². The van der Waals surface area contributed by atoms with Gasteiger partial charge in [-0.05, 0) is 31.6 Å². The number of phosphoric ester groups is 2. The van der Waals surface area contributed by atoms with Crippen LogP contribution in [0.1, 0.15) is 465 Å². The van der Waals surface area contributed by atoms with Gasteiger partial charge >= 0.3 is 39.5 Å². The monoisotopic (exact) mass is 1540 g/mol. The van der Waals surface area contributed by atoms with Gasteiger partial charge in [-0.3, -0.25) is 37.3 Å². The molecule has 0 aliphatic rings. The molecule has 19 heteroatoms. The van der Waals surface area contributed by atoms with Gasteiger partial charge in [0, 0.05) is 25.7 Å². The van der Waals surface area contributed by atoms with E-state index < -0.39 is 97.5 Å². The lowest BCUT2D eigenvalue weighted by Crippen LogP contribution is -2.30. The number of aliphatic hydroxyl groups is 1.